The van der Waals surface area contributed by atoms with Gasteiger partial charge in [-0.2, -0.15) is 0 Å². The minimum Gasteiger partial charge on any atom is -0.383 e. The summed E-state index contributed by atoms with van der Waals surface area (Å²) in [6, 6.07) is 18.3. The largest absolute Gasteiger partial charge is 0.383 e. The summed E-state index contributed by atoms with van der Waals surface area (Å²) in [5.74, 6) is 0.613. The Hall–Kier alpha value is -3.00. The Morgan fingerprint density at radius 1 is 0.969 bits per heavy atom. The molecule has 0 aliphatic carbocycles. The lowest BCUT2D eigenvalue weighted by molar-refractivity contribution is -0.136. The number of nitrogen functional groups attached to an aromatic ring is 1. The smallest absolute Gasteiger partial charge is 0.237 e. The Balaban J connectivity index is 1.19. The summed E-state index contributed by atoms with van der Waals surface area (Å²) in [7, 11) is 0. The monoisotopic (exact) mass is 463 g/mol. The van der Waals surface area contributed by atoms with Crippen LogP contribution in [0.3, 0.4) is 0 Å². The highest BCUT2D eigenvalue weighted by Gasteiger charge is 2.24. The Morgan fingerprint density at radius 2 is 1.78 bits per heavy atom. The van der Waals surface area contributed by atoms with Crippen LogP contribution in [0.1, 0.15) is 11.1 Å². The van der Waals surface area contributed by atoms with Gasteiger partial charge in [-0.05, 0) is 41.0 Å². The van der Waals surface area contributed by atoms with Crippen molar-refractivity contribution in [2.24, 2.45) is 0 Å². The number of carbonyl (C=O) groups is 1. The van der Waals surface area contributed by atoms with Gasteiger partial charge in [0, 0.05) is 36.4 Å². The normalized spacial score (nSPS) is 14.9. The molecule has 2 aromatic carbocycles. The number of nitrogens with zero attached hydrogens (tertiary/aromatic N) is 4. The molecule has 162 valence electrons. The molecule has 1 saturated heterocycles. The molecule has 0 atom stereocenters. The molecule has 6 nitrogen and oxygen atoms in total. The average molecular weight is 464 g/mol. The van der Waals surface area contributed by atoms with Crippen molar-refractivity contribution in [2.45, 2.75) is 13.1 Å². The lowest BCUT2D eigenvalue weighted by Gasteiger charge is -2.34. The number of halogens is 1. The molecule has 2 N–H and O–H groups in total. The highest BCUT2D eigenvalue weighted by molar-refractivity contribution is 7.19. The Labute approximate surface area is 195 Å². The standard InChI is InChI=1S/C24H22ClN5OS/c25-22-8-7-21(32-22)18-4-1-16(2-5-18)12-29-9-10-30(23(31)14-29)13-17-3-6-19-20(11-17)27-15-28-24(19)26/h1-8,11,15H,9-10,12-14H2,(H2,26,27,28). The molecule has 3 heterocycles. The van der Waals surface area contributed by atoms with Crippen LogP contribution >= 0.6 is 22.9 Å². The van der Waals surface area contributed by atoms with E-state index in [1.165, 1.54) is 11.9 Å². The van der Waals surface area contributed by atoms with Gasteiger partial charge in [0.2, 0.25) is 5.91 Å². The van der Waals surface area contributed by atoms with E-state index in [1.807, 2.05) is 35.2 Å². The number of piperazine rings is 1. The van der Waals surface area contributed by atoms with Gasteiger partial charge in [-0.25, -0.2) is 9.97 Å². The van der Waals surface area contributed by atoms with Gasteiger partial charge in [0.15, 0.2) is 0 Å². The zero-order valence-corrected chi connectivity index (χ0v) is 18.9. The zero-order chi connectivity index (χ0) is 22.1. The molecular formula is C24H22ClN5OS. The number of hydrogen-bond donors (Lipinski definition) is 1. The maximum atomic E-state index is 12.8. The molecule has 0 unspecified atom stereocenters. The number of rotatable bonds is 5. The predicted octanol–water partition coefficient (Wildman–Crippen LogP) is 4.44. The van der Waals surface area contributed by atoms with E-state index >= 15 is 0 Å². The van der Waals surface area contributed by atoms with E-state index in [4.69, 9.17) is 17.3 Å². The molecule has 0 bridgehead atoms. The number of carbonyl (C=O) groups excluding carboxylic acids is 1. The molecule has 4 aromatic rings. The van der Waals surface area contributed by atoms with Gasteiger partial charge in [-0.3, -0.25) is 9.69 Å². The molecule has 1 aliphatic rings. The fourth-order valence-corrected chi connectivity index (χ4v) is 5.05. The van der Waals surface area contributed by atoms with Gasteiger partial charge in [-0.1, -0.05) is 41.9 Å². The van der Waals surface area contributed by atoms with Gasteiger partial charge in [0.1, 0.15) is 12.1 Å². The molecule has 8 heteroatoms. The molecule has 2 aromatic heterocycles. The molecule has 32 heavy (non-hydrogen) atoms. The van der Waals surface area contributed by atoms with Crippen LogP contribution in [0.15, 0.2) is 60.9 Å². The Morgan fingerprint density at radius 3 is 2.53 bits per heavy atom. The van der Waals surface area contributed by atoms with Crippen molar-refractivity contribution in [3.05, 3.63) is 76.4 Å². The number of benzene rings is 2. The van der Waals surface area contributed by atoms with Gasteiger partial charge >= 0.3 is 0 Å². The van der Waals surface area contributed by atoms with Gasteiger partial charge < -0.3 is 10.6 Å². The first kappa shape index (κ1) is 20.9. The third kappa shape index (κ3) is 4.46. The number of anilines is 1. The molecule has 0 saturated carbocycles. The number of amides is 1. The molecule has 5 rings (SSSR count). The van der Waals surface area contributed by atoms with Gasteiger partial charge in [0.25, 0.3) is 0 Å². The third-order valence-corrected chi connectivity index (χ3v) is 7.00. The second-order valence-corrected chi connectivity index (χ2v) is 9.65. The SMILES string of the molecule is Nc1ncnc2cc(CN3CCN(Cc4ccc(-c5ccc(Cl)s5)cc4)CC3=O)ccc12. The van der Waals surface area contributed by atoms with Crippen LogP contribution in [0.25, 0.3) is 21.3 Å². The maximum Gasteiger partial charge on any atom is 0.237 e. The summed E-state index contributed by atoms with van der Waals surface area (Å²) in [6.45, 7) is 3.30. The number of fused-ring (bicyclic) bond motifs is 1. The van der Waals surface area contributed by atoms with Crippen molar-refractivity contribution < 1.29 is 4.79 Å². The molecular weight excluding hydrogens is 442 g/mol. The number of thiophene rings is 1. The predicted molar refractivity (Wildman–Crippen MR) is 129 cm³/mol. The van der Waals surface area contributed by atoms with Crippen LogP contribution in [-0.2, 0) is 17.9 Å². The van der Waals surface area contributed by atoms with E-state index in [0.29, 0.717) is 25.5 Å². The number of nitrogens with two attached hydrogens (primary N) is 1. The lowest BCUT2D eigenvalue weighted by atomic mass is 10.1. The first-order valence-electron chi connectivity index (χ1n) is 10.4. The summed E-state index contributed by atoms with van der Waals surface area (Å²) in [5.41, 5.74) is 10.1. The van der Waals surface area contributed by atoms with Crippen LogP contribution in [-0.4, -0.2) is 45.3 Å². The first-order valence-corrected chi connectivity index (χ1v) is 11.6. The van der Waals surface area contributed by atoms with E-state index < -0.39 is 0 Å². The Kier molecular flexibility index (Phi) is 5.78. The highest BCUT2D eigenvalue weighted by atomic mass is 35.5. The summed E-state index contributed by atoms with van der Waals surface area (Å²) < 4.78 is 0.793. The fourth-order valence-electron chi connectivity index (χ4n) is 4.00. The summed E-state index contributed by atoms with van der Waals surface area (Å²) in [4.78, 5) is 26.4. The third-order valence-electron chi connectivity index (χ3n) is 5.72. The molecule has 1 fully saturated rings. The van der Waals surface area contributed by atoms with E-state index in [-0.39, 0.29) is 5.91 Å². The molecule has 0 radical (unpaired) electrons. The minimum atomic E-state index is 0.142. The lowest BCUT2D eigenvalue weighted by Crippen LogP contribution is -2.49. The minimum absolute atomic E-state index is 0.142. The van der Waals surface area contributed by atoms with E-state index in [2.05, 4.69) is 39.1 Å². The Bertz CT molecular complexity index is 1270. The van der Waals surface area contributed by atoms with Crippen molar-refractivity contribution in [2.75, 3.05) is 25.4 Å². The summed E-state index contributed by atoms with van der Waals surface area (Å²) in [6.07, 6.45) is 1.47. The van der Waals surface area contributed by atoms with Crippen molar-refractivity contribution in [1.82, 2.24) is 19.8 Å². The molecule has 1 amide bonds. The van der Waals surface area contributed by atoms with Crippen LogP contribution in [0.2, 0.25) is 4.34 Å². The van der Waals surface area contributed by atoms with Gasteiger partial charge in [0.05, 0.1) is 16.4 Å². The average Bonchev–Trinajstić information content (AvgIpc) is 3.23. The van der Waals surface area contributed by atoms with Crippen LogP contribution in [0.4, 0.5) is 5.82 Å². The van der Waals surface area contributed by atoms with E-state index in [0.717, 1.165) is 44.3 Å². The van der Waals surface area contributed by atoms with E-state index in [1.54, 1.807) is 11.3 Å². The second-order valence-electron chi connectivity index (χ2n) is 7.94. The van der Waals surface area contributed by atoms with Crippen LogP contribution in [0, 0.1) is 0 Å². The number of aromatic nitrogens is 2. The second kappa shape index (κ2) is 8.86. The summed E-state index contributed by atoms with van der Waals surface area (Å²) in [5, 5.41) is 0.834. The van der Waals surface area contributed by atoms with Crippen molar-refractivity contribution in [1.29, 1.82) is 0 Å². The topological polar surface area (TPSA) is 75.3 Å². The van der Waals surface area contributed by atoms with Crippen LogP contribution in [0.5, 0.6) is 0 Å². The molecule has 0 spiro atoms. The van der Waals surface area contributed by atoms with Crippen LogP contribution < -0.4 is 5.73 Å². The fraction of sp³-hybridized carbons (Fsp3) is 0.208. The number of hydrogen-bond acceptors (Lipinski definition) is 6. The summed E-state index contributed by atoms with van der Waals surface area (Å²) >= 11 is 7.62. The van der Waals surface area contributed by atoms with Gasteiger partial charge in [-0.15, -0.1) is 11.3 Å². The van der Waals surface area contributed by atoms with E-state index in [9.17, 15) is 4.79 Å². The van der Waals surface area contributed by atoms with Crippen molar-refractivity contribution >= 4 is 45.6 Å². The maximum absolute atomic E-state index is 12.8. The van der Waals surface area contributed by atoms with Crippen molar-refractivity contribution in [3.8, 4) is 10.4 Å². The zero-order valence-electron chi connectivity index (χ0n) is 17.4. The van der Waals surface area contributed by atoms with Crippen molar-refractivity contribution in [3.63, 3.8) is 0 Å². The highest BCUT2D eigenvalue weighted by Crippen LogP contribution is 2.31. The first-order chi connectivity index (χ1) is 15.5. The quantitative estimate of drug-likeness (QED) is 0.473. The molecule has 1 aliphatic heterocycles.